The van der Waals surface area contributed by atoms with Crippen LogP contribution in [0.1, 0.15) is 38.8 Å². The first-order valence-corrected chi connectivity index (χ1v) is 14.5. The smallest absolute Gasteiger partial charge is 0.399 e. The summed E-state index contributed by atoms with van der Waals surface area (Å²) < 4.78 is 15.5. The number of nitrogens with zero attached hydrogens (tertiary/aromatic N) is 1. The fraction of sp³-hybridized carbons (Fsp3) is 0.158. The fourth-order valence-corrected chi connectivity index (χ4v) is 6.25. The molecule has 0 amide bonds. The Morgan fingerprint density at radius 2 is 1.26 bits per heavy atom. The topological polar surface area (TPSA) is 23.4 Å². The first kappa shape index (κ1) is 26.5. The second-order valence-corrected chi connectivity index (χ2v) is 12.1. The molecule has 1 saturated heterocycles. The van der Waals surface area contributed by atoms with Crippen LogP contribution in [0.25, 0.3) is 61.5 Å². The summed E-state index contributed by atoms with van der Waals surface area (Å²) in [4.78, 5) is 0. The predicted molar refractivity (Wildman–Crippen MR) is 180 cm³/mol. The zero-order chi connectivity index (χ0) is 29.2. The van der Waals surface area contributed by atoms with Crippen molar-refractivity contribution in [2.75, 3.05) is 0 Å². The van der Waals surface area contributed by atoms with E-state index in [4.69, 9.17) is 9.31 Å². The van der Waals surface area contributed by atoms with Gasteiger partial charge in [0.25, 0.3) is 0 Å². The molecule has 0 saturated carbocycles. The first-order valence-electron chi connectivity index (χ1n) is 14.5. The van der Waals surface area contributed by atoms with Gasteiger partial charge < -0.3 is 13.9 Å². The van der Waals surface area contributed by atoms with E-state index in [2.05, 4.69) is 142 Å². The monoisotopic (exact) mass is 547 g/mol. The second kappa shape index (κ2) is 9.59. The van der Waals surface area contributed by atoms with Crippen LogP contribution in [0.4, 0.5) is 0 Å². The van der Waals surface area contributed by atoms with Gasteiger partial charge in [-0.3, -0.25) is 0 Å². The molecule has 4 heteroatoms. The van der Waals surface area contributed by atoms with Crippen LogP contribution in [0.5, 0.6) is 0 Å². The van der Waals surface area contributed by atoms with E-state index < -0.39 is 18.3 Å². The quantitative estimate of drug-likeness (QED) is 0.201. The molecule has 0 N–H and O–H groups in total. The zero-order valence-corrected chi connectivity index (χ0v) is 24.6. The molecule has 0 unspecified atom stereocenters. The largest absolute Gasteiger partial charge is 0.495 e. The highest BCUT2D eigenvalue weighted by Crippen LogP contribution is 2.41. The highest BCUT2D eigenvalue weighted by molar-refractivity contribution is 6.63. The molecule has 42 heavy (non-hydrogen) atoms. The van der Waals surface area contributed by atoms with Gasteiger partial charge in [0.15, 0.2) is 0 Å². The van der Waals surface area contributed by atoms with Crippen molar-refractivity contribution >= 4 is 57.3 Å². The van der Waals surface area contributed by atoms with Crippen LogP contribution in [0.3, 0.4) is 0 Å². The summed E-state index contributed by atoms with van der Waals surface area (Å²) >= 11 is 0. The molecule has 5 aromatic carbocycles. The molecule has 3 nitrogen and oxygen atoms in total. The van der Waals surface area contributed by atoms with Gasteiger partial charge in [-0.15, -0.1) is 0 Å². The lowest BCUT2D eigenvalue weighted by atomic mass is 9.73. The van der Waals surface area contributed by atoms with Gasteiger partial charge in [0, 0.05) is 16.5 Å². The van der Waals surface area contributed by atoms with Crippen LogP contribution in [0, 0.1) is 0 Å². The van der Waals surface area contributed by atoms with Gasteiger partial charge >= 0.3 is 7.12 Å². The maximum atomic E-state index is 6.56. The van der Waals surface area contributed by atoms with Gasteiger partial charge in [-0.25, -0.2) is 0 Å². The van der Waals surface area contributed by atoms with Crippen LogP contribution in [0.2, 0.25) is 0 Å². The Bertz CT molecular complexity index is 2020. The molecule has 0 bridgehead atoms. The molecule has 1 aliphatic rings. The van der Waals surface area contributed by atoms with E-state index in [0.29, 0.717) is 0 Å². The third-order valence-corrected chi connectivity index (χ3v) is 9.18. The molecule has 1 aliphatic heterocycles. The van der Waals surface area contributed by atoms with Crippen molar-refractivity contribution in [3.05, 3.63) is 121 Å². The highest BCUT2D eigenvalue weighted by Gasteiger charge is 2.52. The number of hydrogen-bond donors (Lipinski definition) is 0. The molecule has 7 rings (SSSR count). The van der Waals surface area contributed by atoms with E-state index in [1.807, 2.05) is 12.2 Å². The summed E-state index contributed by atoms with van der Waals surface area (Å²) in [6.07, 6.45) is 3.85. The molecule has 1 aromatic heterocycles. The van der Waals surface area contributed by atoms with E-state index in [1.54, 1.807) is 0 Å². The Labute approximate surface area is 247 Å². The van der Waals surface area contributed by atoms with Gasteiger partial charge in [-0.1, -0.05) is 92.0 Å². The molecule has 0 radical (unpaired) electrons. The summed E-state index contributed by atoms with van der Waals surface area (Å²) in [5.41, 5.74) is 7.73. The Kier molecular flexibility index (Phi) is 6.05. The maximum Gasteiger partial charge on any atom is 0.495 e. The molecule has 2 heterocycles. The van der Waals surface area contributed by atoms with E-state index in [-0.39, 0.29) is 0 Å². The lowest BCUT2D eigenvalue weighted by molar-refractivity contribution is 0.00578. The lowest BCUT2D eigenvalue weighted by Gasteiger charge is -2.32. The number of aromatic nitrogens is 1. The van der Waals surface area contributed by atoms with Gasteiger partial charge in [-0.2, -0.15) is 0 Å². The number of para-hydroxylation sites is 1. The molecular formula is C38H34BNO2. The van der Waals surface area contributed by atoms with E-state index in [0.717, 1.165) is 44.1 Å². The Morgan fingerprint density at radius 3 is 1.95 bits per heavy atom. The van der Waals surface area contributed by atoms with Crippen molar-refractivity contribution in [3.63, 3.8) is 0 Å². The maximum absolute atomic E-state index is 6.56. The van der Waals surface area contributed by atoms with Gasteiger partial charge in [0.05, 0.1) is 22.2 Å². The molecule has 1 fully saturated rings. The van der Waals surface area contributed by atoms with Crippen molar-refractivity contribution in [3.8, 4) is 16.8 Å². The third kappa shape index (κ3) is 3.98. The van der Waals surface area contributed by atoms with Crippen molar-refractivity contribution in [2.24, 2.45) is 0 Å². The van der Waals surface area contributed by atoms with Crippen LogP contribution in [-0.4, -0.2) is 22.9 Å². The zero-order valence-electron chi connectivity index (χ0n) is 24.6. The van der Waals surface area contributed by atoms with Crippen LogP contribution >= 0.6 is 0 Å². The Hall–Kier alpha value is -4.38. The van der Waals surface area contributed by atoms with E-state index in [1.165, 1.54) is 21.9 Å². The molecule has 0 aliphatic carbocycles. The summed E-state index contributed by atoms with van der Waals surface area (Å²) in [6, 6.07) is 34.7. The number of fused-ring (bicyclic) bond motifs is 4. The van der Waals surface area contributed by atoms with Crippen molar-refractivity contribution in [1.82, 2.24) is 4.57 Å². The van der Waals surface area contributed by atoms with Crippen molar-refractivity contribution in [1.29, 1.82) is 0 Å². The SMILES string of the molecule is C=Cc1c(B2OC(C)(C)C(C)(C)O2)cc2c(c1C=C)c1ccc(-c3ccc4ccccc4c3)cc1n2-c1ccccc1. The standard InChI is InChI=1S/C38H34BNO2/c1-7-30-31(8-2)36-32-21-20-28(27-19-18-25-14-12-13-15-26(25)22-27)23-34(32)40(29-16-10-9-11-17-29)35(36)24-33(30)39-41-37(3,4)38(5,6)42-39/h7-24H,1-2H2,3-6H3. The summed E-state index contributed by atoms with van der Waals surface area (Å²) in [7, 11) is -0.526. The lowest BCUT2D eigenvalue weighted by Crippen LogP contribution is -2.41. The van der Waals surface area contributed by atoms with Gasteiger partial charge in [0.1, 0.15) is 0 Å². The molecule has 206 valence electrons. The minimum absolute atomic E-state index is 0.458. The Morgan fingerprint density at radius 1 is 0.643 bits per heavy atom. The first-order chi connectivity index (χ1) is 20.2. The predicted octanol–water partition coefficient (Wildman–Crippen LogP) is 9.19. The van der Waals surface area contributed by atoms with Crippen LogP contribution in [-0.2, 0) is 9.31 Å². The molecule has 0 atom stereocenters. The molecular weight excluding hydrogens is 513 g/mol. The summed E-state index contributed by atoms with van der Waals surface area (Å²) in [6.45, 7) is 16.8. The highest BCUT2D eigenvalue weighted by atomic mass is 16.7. The molecule has 6 aromatic rings. The van der Waals surface area contributed by atoms with Gasteiger partial charge in [0.2, 0.25) is 0 Å². The van der Waals surface area contributed by atoms with Crippen molar-refractivity contribution < 1.29 is 9.31 Å². The van der Waals surface area contributed by atoms with Crippen LogP contribution in [0.15, 0.2) is 110 Å². The number of benzene rings is 5. The molecule has 0 spiro atoms. The van der Waals surface area contributed by atoms with E-state index >= 15 is 0 Å². The minimum Gasteiger partial charge on any atom is -0.399 e. The summed E-state index contributed by atoms with van der Waals surface area (Å²) in [5.74, 6) is 0. The fourth-order valence-electron chi connectivity index (χ4n) is 6.25. The normalized spacial score (nSPS) is 16.0. The van der Waals surface area contributed by atoms with E-state index in [9.17, 15) is 0 Å². The van der Waals surface area contributed by atoms with Crippen molar-refractivity contribution in [2.45, 2.75) is 38.9 Å². The third-order valence-electron chi connectivity index (χ3n) is 9.18. The summed E-state index contributed by atoms with van der Waals surface area (Å²) in [5, 5.41) is 4.78. The average Bonchev–Trinajstić information content (AvgIpc) is 3.44. The second-order valence-electron chi connectivity index (χ2n) is 12.1. The minimum atomic E-state index is -0.526. The number of rotatable bonds is 5. The van der Waals surface area contributed by atoms with Gasteiger partial charge in [-0.05, 0) is 96.5 Å². The Balaban J connectivity index is 1.54. The number of hydrogen-bond acceptors (Lipinski definition) is 2. The average molecular weight is 548 g/mol. The van der Waals surface area contributed by atoms with Crippen LogP contribution < -0.4 is 5.46 Å².